The number of benzene rings is 1. The summed E-state index contributed by atoms with van der Waals surface area (Å²) in [4.78, 5) is 62.9. The van der Waals surface area contributed by atoms with E-state index in [4.69, 9.17) is 11.5 Å². The highest BCUT2D eigenvalue weighted by Gasteiger charge is 2.30. The van der Waals surface area contributed by atoms with E-state index in [0.29, 0.717) is 5.56 Å². The Labute approximate surface area is 194 Å². The van der Waals surface area contributed by atoms with Gasteiger partial charge in [-0.05, 0) is 18.1 Å². The fourth-order valence-corrected chi connectivity index (χ4v) is 3.27. The number of carboxylic acids is 1. The van der Waals surface area contributed by atoms with Crippen LogP contribution in [0.3, 0.4) is 0 Å². The number of carbonyl (C=O) groups excluding carboxylic acids is 4. The number of fused-ring (bicyclic) bond motifs is 1. The number of rotatable bonds is 13. The lowest BCUT2D eigenvalue weighted by molar-refractivity contribution is -0.142. The number of primary amides is 1. The van der Waals surface area contributed by atoms with Crippen LogP contribution in [0.25, 0.3) is 10.9 Å². The van der Waals surface area contributed by atoms with Crippen molar-refractivity contribution in [2.75, 3.05) is 13.2 Å². The lowest BCUT2D eigenvalue weighted by Crippen LogP contribution is -2.57. The highest BCUT2D eigenvalue weighted by molar-refractivity contribution is 5.94. The zero-order chi connectivity index (χ0) is 25.3. The fraction of sp³-hybridized carbons (Fsp3) is 0.381. The van der Waals surface area contributed by atoms with E-state index < -0.39 is 60.9 Å². The summed E-state index contributed by atoms with van der Waals surface area (Å²) in [6.45, 7) is -1.20. The second-order valence-corrected chi connectivity index (χ2v) is 7.54. The van der Waals surface area contributed by atoms with Gasteiger partial charge in [0.05, 0.1) is 13.2 Å². The lowest BCUT2D eigenvalue weighted by atomic mass is 10.0. The van der Waals surface area contributed by atoms with Gasteiger partial charge in [0.15, 0.2) is 0 Å². The summed E-state index contributed by atoms with van der Waals surface area (Å²) in [5.41, 5.74) is 11.8. The summed E-state index contributed by atoms with van der Waals surface area (Å²) < 4.78 is 0. The third-order valence-corrected chi connectivity index (χ3v) is 5.05. The molecular weight excluding hydrogens is 448 g/mol. The van der Waals surface area contributed by atoms with Crippen molar-refractivity contribution in [3.05, 3.63) is 36.0 Å². The average Bonchev–Trinajstić information content (AvgIpc) is 3.21. The number of hydrogen-bond donors (Lipinski definition) is 8. The minimum atomic E-state index is -1.40. The largest absolute Gasteiger partial charge is 0.480 e. The normalized spacial score (nSPS) is 13.5. The number of carboxylic acid groups (broad SMARTS) is 1. The Kier molecular flexibility index (Phi) is 9.52. The molecule has 2 aromatic rings. The molecule has 13 heteroatoms. The van der Waals surface area contributed by atoms with Gasteiger partial charge in [-0.3, -0.25) is 19.2 Å². The smallest absolute Gasteiger partial charge is 0.326 e. The Morgan fingerprint density at radius 1 is 0.971 bits per heavy atom. The van der Waals surface area contributed by atoms with Crippen LogP contribution >= 0.6 is 0 Å². The Morgan fingerprint density at radius 3 is 2.24 bits per heavy atom. The highest BCUT2D eigenvalue weighted by atomic mass is 16.4. The molecule has 34 heavy (non-hydrogen) atoms. The van der Waals surface area contributed by atoms with Gasteiger partial charge in [0.25, 0.3) is 0 Å². The number of aliphatic carboxylic acids is 1. The number of carbonyl (C=O) groups is 5. The monoisotopic (exact) mass is 476 g/mol. The zero-order valence-electron chi connectivity index (χ0n) is 18.2. The molecule has 10 N–H and O–H groups in total. The third kappa shape index (κ3) is 7.28. The minimum absolute atomic E-state index is 0.0482. The number of amides is 4. The van der Waals surface area contributed by atoms with Crippen molar-refractivity contribution in [2.45, 2.75) is 37.4 Å². The number of aromatic nitrogens is 1. The first-order chi connectivity index (χ1) is 16.2. The van der Waals surface area contributed by atoms with E-state index in [1.54, 1.807) is 12.3 Å². The number of para-hydroxylation sites is 1. The van der Waals surface area contributed by atoms with Crippen molar-refractivity contribution in [3.63, 3.8) is 0 Å². The standard InChI is InChI=1S/C21H28N6O7/c22-8-18(30)25-16(10-28)20(32)26-14(5-6-17(23)29)19(31)27-15(21(33)34)7-11-9-24-13-4-2-1-3-12(11)13/h1-4,9,14-16,24,28H,5-8,10,22H2,(H2,23,29)(H,25,30)(H,26,32)(H,27,31)(H,33,34). The van der Waals surface area contributed by atoms with Gasteiger partial charge >= 0.3 is 5.97 Å². The molecule has 0 saturated heterocycles. The molecule has 0 aliphatic rings. The summed E-state index contributed by atoms with van der Waals surface area (Å²) >= 11 is 0. The Balaban J connectivity index is 2.16. The van der Waals surface area contributed by atoms with Crippen molar-refractivity contribution >= 4 is 40.5 Å². The molecule has 1 heterocycles. The molecule has 2 rings (SSSR count). The number of aliphatic hydroxyl groups is 1. The van der Waals surface area contributed by atoms with Gasteiger partial charge in [-0.15, -0.1) is 0 Å². The van der Waals surface area contributed by atoms with Gasteiger partial charge < -0.3 is 42.6 Å². The maximum atomic E-state index is 12.9. The van der Waals surface area contributed by atoms with E-state index in [1.807, 2.05) is 18.2 Å². The van der Waals surface area contributed by atoms with Gasteiger partial charge in [-0.2, -0.15) is 0 Å². The molecule has 3 unspecified atom stereocenters. The number of H-pyrrole nitrogens is 1. The van der Waals surface area contributed by atoms with E-state index in [-0.39, 0.29) is 19.3 Å². The molecule has 4 amide bonds. The maximum Gasteiger partial charge on any atom is 0.326 e. The molecule has 1 aromatic heterocycles. The zero-order valence-corrected chi connectivity index (χ0v) is 18.2. The number of nitrogens with one attached hydrogen (secondary N) is 4. The van der Waals surface area contributed by atoms with Crippen molar-refractivity contribution in [2.24, 2.45) is 11.5 Å². The quantitative estimate of drug-likeness (QED) is 0.153. The third-order valence-electron chi connectivity index (χ3n) is 5.05. The van der Waals surface area contributed by atoms with Crippen LogP contribution in [0.4, 0.5) is 0 Å². The van der Waals surface area contributed by atoms with Crippen LogP contribution in [0.2, 0.25) is 0 Å². The molecule has 0 aliphatic heterocycles. The van der Waals surface area contributed by atoms with E-state index in [1.165, 1.54) is 0 Å². The van der Waals surface area contributed by atoms with Crippen LogP contribution in [-0.4, -0.2) is 76.1 Å². The van der Waals surface area contributed by atoms with Gasteiger partial charge in [0, 0.05) is 29.9 Å². The molecule has 0 aliphatic carbocycles. The average molecular weight is 476 g/mol. The first-order valence-electron chi connectivity index (χ1n) is 10.4. The van der Waals surface area contributed by atoms with Crippen molar-refractivity contribution in [1.29, 1.82) is 0 Å². The van der Waals surface area contributed by atoms with Crippen LogP contribution in [0.5, 0.6) is 0 Å². The second-order valence-electron chi connectivity index (χ2n) is 7.54. The SMILES string of the molecule is NCC(=O)NC(CO)C(=O)NC(CCC(N)=O)C(=O)NC(Cc1c[nH]c2ccccc12)C(=O)O. The molecule has 0 fully saturated rings. The summed E-state index contributed by atoms with van der Waals surface area (Å²) in [7, 11) is 0. The summed E-state index contributed by atoms with van der Waals surface area (Å²) in [6, 6.07) is 3.15. The van der Waals surface area contributed by atoms with Crippen molar-refractivity contribution in [3.8, 4) is 0 Å². The van der Waals surface area contributed by atoms with Gasteiger partial charge in [0.2, 0.25) is 23.6 Å². The maximum absolute atomic E-state index is 12.9. The number of aliphatic hydroxyl groups excluding tert-OH is 1. The molecule has 0 saturated carbocycles. The van der Waals surface area contributed by atoms with Gasteiger partial charge in [-0.25, -0.2) is 4.79 Å². The van der Waals surface area contributed by atoms with Crippen molar-refractivity contribution < 1.29 is 34.2 Å². The summed E-state index contributed by atoms with van der Waals surface area (Å²) in [5, 5.41) is 26.7. The van der Waals surface area contributed by atoms with E-state index in [0.717, 1.165) is 10.9 Å². The van der Waals surface area contributed by atoms with Crippen LogP contribution in [-0.2, 0) is 30.4 Å². The molecule has 1 aromatic carbocycles. The molecular formula is C21H28N6O7. The second kappa shape index (κ2) is 12.3. The van der Waals surface area contributed by atoms with Crippen LogP contribution < -0.4 is 27.4 Å². The van der Waals surface area contributed by atoms with Crippen LogP contribution in [0.1, 0.15) is 18.4 Å². The molecule has 0 radical (unpaired) electrons. The highest BCUT2D eigenvalue weighted by Crippen LogP contribution is 2.19. The number of hydrogen-bond acceptors (Lipinski definition) is 7. The van der Waals surface area contributed by atoms with Gasteiger partial charge in [0.1, 0.15) is 18.1 Å². The first kappa shape index (κ1) is 26.3. The van der Waals surface area contributed by atoms with E-state index in [2.05, 4.69) is 20.9 Å². The molecule has 0 bridgehead atoms. The molecule has 184 valence electrons. The number of nitrogens with two attached hydrogens (primary N) is 2. The molecule has 13 nitrogen and oxygen atoms in total. The predicted molar refractivity (Wildman–Crippen MR) is 120 cm³/mol. The molecule has 0 spiro atoms. The topological polar surface area (TPSA) is 230 Å². The minimum Gasteiger partial charge on any atom is -0.480 e. The Bertz CT molecular complexity index is 1050. The summed E-state index contributed by atoms with van der Waals surface area (Å²) in [5.74, 6) is -4.55. The van der Waals surface area contributed by atoms with Crippen LogP contribution in [0, 0.1) is 0 Å². The van der Waals surface area contributed by atoms with Gasteiger partial charge in [-0.1, -0.05) is 18.2 Å². The predicted octanol–water partition coefficient (Wildman–Crippen LogP) is -2.53. The summed E-state index contributed by atoms with van der Waals surface area (Å²) in [6.07, 6.45) is 1.09. The number of aromatic amines is 1. The Morgan fingerprint density at radius 2 is 1.62 bits per heavy atom. The van der Waals surface area contributed by atoms with Crippen LogP contribution in [0.15, 0.2) is 30.5 Å². The fourth-order valence-electron chi connectivity index (χ4n) is 3.27. The lowest BCUT2D eigenvalue weighted by Gasteiger charge is -2.23. The molecule has 3 atom stereocenters. The van der Waals surface area contributed by atoms with E-state index >= 15 is 0 Å². The Hall–Kier alpha value is -3.97. The first-order valence-corrected chi connectivity index (χ1v) is 10.4. The van der Waals surface area contributed by atoms with E-state index in [9.17, 15) is 34.2 Å². The van der Waals surface area contributed by atoms with Crippen molar-refractivity contribution in [1.82, 2.24) is 20.9 Å².